The van der Waals surface area contributed by atoms with Gasteiger partial charge in [-0.25, -0.2) is 4.79 Å². The fourth-order valence-corrected chi connectivity index (χ4v) is 1.75. The summed E-state index contributed by atoms with van der Waals surface area (Å²) in [7, 11) is 1.46. The Morgan fingerprint density at radius 2 is 1.90 bits per heavy atom. The standard InChI is InChI=1S/C16H17NO3/c1-19-12-16(18)20-15-9-5-8-14(10-15)17-11-13-6-3-2-4-7-13/h2-10,17H,11-12H2,1H3. The number of methoxy groups -OCH3 is 1. The highest BCUT2D eigenvalue weighted by Crippen LogP contribution is 2.18. The van der Waals surface area contributed by atoms with Crippen LogP contribution in [0.2, 0.25) is 0 Å². The molecule has 0 atom stereocenters. The number of nitrogens with one attached hydrogen (secondary N) is 1. The van der Waals surface area contributed by atoms with Crippen molar-refractivity contribution in [3.8, 4) is 5.75 Å². The lowest BCUT2D eigenvalue weighted by Gasteiger charge is -2.09. The van der Waals surface area contributed by atoms with E-state index in [1.807, 2.05) is 30.3 Å². The lowest BCUT2D eigenvalue weighted by Crippen LogP contribution is -2.14. The minimum absolute atomic E-state index is 0.0539. The van der Waals surface area contributed by atoms with Crippen LogP contribution >= 0.6 is 0 Å². The third-order valence-electron chi connectivity index (χ3n) is 2.67. The predicted molar refractivity (Wildman–Crippen MR) is 77.7 cm³/mol. The average molecular weight is 271 g/mol. The zero-order valence-corrected chi connectivity index (χ0v) is 11.3. The Morgan fingerprint density at radius 3 is 2.65 bits per heavy atom. The number of benzene rings is 2. The fourth-order valence-electron chi connectivity index (χ4n) is 1.75. The highest BCUT2D eigenvalue weighted by Gasteiger charge is 2.04. The first-order valence-corrected chi connectivity index (χ1v) is 6.35. The molecule has 1 N–H and O–H groups in total. The van der Waals surface area contributed by atoms with Crippen molar-refractivity contribution in [1.82, 2.24) is 0 Å². The van der Waals surface area contributed by atoms with Crippen molar-refractivity contribution in [2.24, 2.45) is 0 Å². The summed E-state index contributed by atoms with van der Waals surface area (Å²) in [6.45, 7) is 0.665. The van der Waals surface area contributed by atoms with Gasteiger partial charge >= 0.3 is 5.97 Å². The quantitative estimate of drug-likeness (QED) is 0.648. The van der Waals surface area contributed by atoms with E-state index in [4.69, 9.17) is 9.47 Å². The van der Waals surface area contributed by atoms with E-state index in [1.165, 1.54) is 12.7 Å². The van der Waals surface area contributed by atoms with E-state index in [1.54, 1.807) is 12.1 Å². The highest BCUT2D eigenvalue weighted by molar-refractivity contribution is 5.74. The molecule has 0 saturated carbocycles. The largest absolute Gasteiger partial charge is 0.425 e. The van der Waals surface area contributed by atoms with Gasteiger partial charge in [0.05, 0.1) is 0 Å². The zero-order valence-electron chi connectivity index (χ0n) is 11.3. The lowest BCUT2D eigenvalue weighted by molar-refractivity contribution is -0.138. The molecule has 4 nitrogen and oxygen atoms in total. The maximum Gasteiger partial charge on any atom is 0.337 e. The Balaban J connectivity index is 1.94. The molecule has 0 fully saturated rings. The van der Waals surface area contributed by atoms with Gasteiger partial charge < -0.3 is 14.8 Å². The molecule has 104 valence electrons. The molecule has 0 amide bonds. The van der Waals surface area contributed by atoms with Crippen molar-refractivity contribution in [2.75, 3.05) is 19.0 Å². The highest BCUT2D eigenvalue weighted by atomic mass is 16.6. The zero-order chi connectivity index (χ0) is 14.2. The first-order chi connectivity index (χ1) is 9.78. The van der Waals surface area contributed by atoms with Crippen molar-refractivity contribution in [3.05, 3.63) is 60.2 Å². The second-order valence-corrected chi connectivity index (χ2v) is 4.27. The van der Waals surface area contributed by atoms with Crippen molar-refractivity contribution < 1.29 is 14.3 Å². The molecule has 0 aliphatic rings. The first-order valence-electron chi connectivity index (χ1n) is 6.35. The lowest BCUT2D eigenvalue weighted by atomic mass is 10.2. The Bertz CT molecular complexity index is 555. The third kappa shape index (κ3) is 4.40. The van der Waals surface area contributed by atoms with Crippen LogP contribution < -0.4 is 10.1 Å². The maximum atomic E-state index is 11.3. The summed E-state index contributed by atoms with van der Waals surface area (Å²) < 4.78 is 9.86. The molecule has 2 rings (SSSR count). The van der Waals surface area contributed by atoms with Gasteiger partial charge in [0.2, 0.25) is 0 Å². The molecule has 2 aromatic carbocycles. The van der Waals surface area contributed by atoms with Crippen molar-refractivity contribution >= 4 is 11.7 Å². The minimum Gasteiger partial charge on any atom is -0.425 e. The van der Waals surface area contributed by atoms with Gasteiger partial charge in [0.15, 0.2) is 0 Å². The van der Waals surface area contributed by atoms with Crippen LogP contribution in [0, 0.1) is 0 Å². The smallest absolute Gasteiger partial charge is 0.337 e. The van der Waals surface area contributed by atoms with Crippen LogP contribution in [0.5, 0.6) is 5.75 Å². The molecule has 2 aromatic rings. The van der Waals surface area contributed by atoms with Gasteiger partial charge in [0.25, 0.3) is 0 Å². The minimum atomic E-state index is -0.410. The molecular formula is C16H17NO3. The molecule has 0 aliphatic heterocycles. The summed E-state index contributed by atoms with van der Waals surface area (Å²) in [5.74, 6) is 0.0952. The summed E-state index contributed by atoms with van der Waals surface area (Å²) in [6, 6.07) is 17.4. The molecule has 0 heterocycles. The Labute approximate surface area is 118 Å². The SMILES string of the molecule is COCC(=O)Oc1cccc(NCc2ccccc2)c1. The molecular weight excluding hydrogens is 254 g/mol. The second kappa shape index (κ2) is 7.31. The molecule has 0 saturated heterocycles. The normalized spacial score (nSPS) is 10.1. The molecule has 4 heteroatoms. The summed E-state index contributed by atoms with van der Waals surface area (Å²) in [5.41, 5.74) is 2.09. The van der Waals surface area contributed by atoms with E-state index >= 15 is 0 Å². The number of anilines is 1. The third-order valence-corrected chi connectivity index (χ3v) is 2.67. The number of carbonyl (C=O) groups excluding carboxylic acids is 1. The first kappa shape index (κ1) is 14.1. The van der Waals surface area contributed by atoms with Gasteiger partial charge in [0.1, 0.15) is 12.4 Å². The molecule has 0 unspecified atom stereocenters. The van der Waals surface area contributed by atoms with Gasteiger partial charge in [-0.15, -0.1) is 0 Å². The summed E-state index contributed by atoms with van der Waals surface area (Å²) in [5, 5.41) is 3.28. The van der Waals surface area contributed by atoms with Crippen LogP contribution in [-0.4, -0.2) is 19.7 Å². The number of carbonyl (C=O) groups is 1. The molecule has 20 heavy (non-hydrogen) atoms. The Hall–Kier alpha value is -2.33. The van der Waals surface area contributed by atoms with Crippen LogP contribution in [-0.2, 0) is 16.1 Å². The second-order valence-electron chi connectivity index (χ2n) is 4.27. The van der Waals surface area contributed by atoms with Crippen molar-refractivity contribution in [3.63, 3.8) is 0 Å². The Kier molecular flexibility index (Phi) is 5.15. The number of rotatable bonds is 6. The maximum absolute atomic E-state index is 11.3. The summed E-state index contributed by atoms with van der Waals surface area (Å²) in [4.78, 5) is 11.3. The van der Waals surface area contributed by atoms with Crippen molar-refractivity contribution in [2.45, 2.75) is 6.54 Å². The van der Waals surface area contributed by atoms with Gasteiger partial charge in [0, 0.05) is 25.4 Å². The van der Waals surface area contributed by atoms with Crippen molar-refractivity contribution in [1.29, 1.82) is 0 Å². The molecule has 0 spiro atoms. The monoisotopic (exact) mass is 271 g/mol. The van der Waals surface area contributed by atoms with Crippen LogP contribution in [0.15, 0.2) is 54.6 Å². The summed E-state index contributed by atoms with van der Waals surface area (Å²) >= 11 is 0. The van der Waals surface area contributed by atoms with Gasteiger partial charge in [-0.05, 0) is 17.7 Å². The topological polar surface area (TPSA) is 47.6 Å². The van der Waals surface area contributed by atoms with Crippen LogP contribution in [0.25, 0.3) is 0 Å². The number of ether oxygens (including phenoxy) is 2. The Morgan fingerprint density at radius 1 is 1.10 bits per heavy atom. The van der Waals surface area contributed by atoms with E-state index in [9.17, 15) is 4.79 Å². The molecule has 0 aliphatic carbocycles. The van der Waals surface area contributed by atoms with Gasteiger partial charge in [-0.2, -0.15) is 0 Å². The summed E-state index contributed by atoms with van der Waals surface area (Å²) in [6.07, 6.45) is 0. The van der Waals surface area contributed by atoms with Crippen LogP contribution in [0.3, 0.4) is 0 Å². The fraction of sp³-hybridized carbons (Fsp3) is 0.188. The van der Waals surface area contributed by atoms with Gasteiger partial charge in [-0.1, -0.05) is 36.4 Å². The molecule has 0 bridgehead atoms. The number of hydrogen-bond acceptors (Lipinski definition) is 4. The van der Waals surface area contributed by atoms with Crippen LogP contribution in [0.1, 0.15) is 5.56 Å². The number of hydrogen-bond donors (Lipinski definition) is 1. The number of esters is 1. The van der Waals surface area contributed by atoms with E-state index < -0.39 is 5.97 Å². The van der Waals surface area contributed by atoms with E-state index in [0.717, 1.165) is 12.2 Å². The van der Waals surface area contributed by atoms with E-state index in [2.05, 4.69) is 17.4 Å². The predicted octanol–water partition coefficient (Wildman–Crippen LogP) is 2.85. The molecule has 0 radical (unpaired) electrons. The average Bonchev–Trinajstić information content (AvgIpc) is 2.47. The van der Waals surface area contributed by atoms with E-state index in [-0.39, 0.29) is 6.61 Å². The molecule has 0 aromatic heterocycles. The van der Waals surface area contributed by atoms with Gasteiger partial charge in [-0.3, -0.25) is 0 Å². The van der Waals surface area contributed by atoms with Crippen LogP contribution in [0.4, 0.5) is 5.69 Å². The van der Waals surface area contributed by atoms with E-state index in [0.29, 0.717) is 5.75 Å².